The van der Waals surface area contributed by atoms with Crippen LogP contribution in [0.15, 0.2) is 42.7 Å². The van der Waals surface area contributed by atoms with Crippen molar-refractivity contribution in [1.29, 1.82) is 0 Å². The molecule has 0 amide bonds. The van der Waals surface area contributed by atoms with Crippen LogP contribution in [-0.2, 0) is 16.0 Å². The van der Waals surface area contributed by atoms with Crippen molar-refractivity contribution < 1.29 is 19.1 Å². The van der Waals surface area contributed by atoms with Crippen LogP contribution >= 0.6 is 0 Å². The van der Waals surface area contributed by atoms with Gasteiger partial charge in [0.1, 0.15) is 11.1 Å². The summed E-state index contributed by atoms with van der Waals surface area (Å²) in [5.74, 6) is -0.701. The van der Waals surface area contributed by atoms with E-state index in [9.17, 15) is 9.59 Å². The van der Waals surface area contributed by atoms with Crippen LogP contribution in [0, 0.1) is 13.8 Å². The molecule has 1 N–H and O–H groups in total. The Morgan fingerprint density at radius 1 is 1.04 bits per heavy atom. The van der Waals surface area contributed by atoms with Crippen LogP contribution in [0.2, 0.25) is 0 Å². The van der Waals surface area contributed by atoms with Crippen LogP contribution < -0.4 is 0 Å². The smallest absolute Gasteiger partial charge is 0.341 e. The van der Waals surface area contributed by atoms with Crippen LogP contribution in [0.3, 0.4) is 0 Å². The zero-order valence-corrected chi connectivity index (χ0v) is 15.7. The number of carbonyl (C=O) groups is 2. The van der Waals surface area contributed by atoms with Crippen LogP contribution in [0.4, 0.5) is 0 Å². The molecule has 3 rings (SSSR count). The maximum Gasteiger partial charge on any atom is 0.341 e. The fourth-order valence-electron chi connectivity index (χ4n) is 2.35. The van der Waals surface area contributed by atoms with Gasteiger partial charge in [0, 0.05) is 11.9 Å². The number of carbonyl (C=O) groups excluding carboxylic acids is 2. The highest BCUT2D eigenvalue weighted by molar-refractivity contribution is 5.90. The van der Waals surface area contributed by atoms with E-state index in [4.69, 9.17) is 0 Å². The van der Waals surface area contributed by atoms with E-state index in [0.29, 0.717) is 23.4 Å². The van der Waals surface area contributed by atoms with Gasteiger partial charge in [-0.05, 0) is 19.4 Å². The molecular formula is C19H22N4O4. The summed E-state index contributed by atoms with van der Waals surface area (Å²) in [7, 11) is 2.71. The molecule has 1 aromatic carbocycles. The summed E-state index contributed by atoms with van der Waals surface area (Å²) in [6, 6.07) is 9.97. The van der Waals surface area contributed by atoms with Crippen molar-refractivity contribution in [2.75, 3.05) is 14.2 Å². The Balaban J connectivity index is 0.000000223. The molecule has 0 saturated carbocycles. The van der Waals surface area contributed by atoms with E-state index in [2.05, 4.69) is 24.8 Å². The van der Waals surface area contributed by atoms with Gasteiger partial charge in [0.25, 0.3) is 0 Å². The Morgan fingerprint density at radius 2 is 1.67 bits per heavy atom. The molecule has 0 aliphatic rings. The van der Waals surface area contributed by atoms with E-state index in [0.717, 1.165) is 11.3 Å². The molecule has 8 heteroatoms. The Bertz CT molecular complexity index is 900. The van der Waals surface area contributed by atoms with Crippen LogP contribution in [0.1, 0.15) is 37.7 Å². The number of benzene rings is 1. The summed E-state index contributed by atoms with van der Waals surface area (Å²) in [5, 5.41) is 10.6. The molecule has 3 aromatic rings. The first kappa shape index (κ1) is 19.9. The first-order valence-corrected chi connectivity index (χ1v) is 8.20. The lowest BCUT2D eigenvalue weighted by Crippen LogP contribution is -2.01. The lowest BCUT2D eigenvalue weighted by Gasteiger charge is -2.00. The molecule has 0 saturated heterocycles. The van der Waals surface area contributed by atoms with Crippen LogP contribution in [0.5, 0.6) is 0 Å². The Morgan fingerprint density at radius 3 is 2.22 bits per heavy atom. The molecule has 0 aliphatic carbocycles. The van der Waals surface area contributed by atoms with Gasteiger partial charge in [-0.15, -0.1) is 0 Å². The average Bonchev–Trinajstić information content (AvgIpc) is 3.27. The lowest BCUT2D eigenvalue weighted by molar-refractivity contribution is 0.0591. The van der Waals surface area contributed by atoms with Crippen LogP contribution in [-0.4, -0.2) is 46.1 Å². The molecule has 0 atom stereocenters. The minimum absolute atomic E-state index is 0.346. The minimum Gasteiger partial charge on any atom is -0.465 e. The standard InChI is InChI=1S/C13H14N2O2.C6H8N2O2/c1-10-12(13(16)17-2)9-15(14-10)8-11-6-4-3-5-7-11;1-4-5(3-7-8-4)6(9)10-2/h3-7,9H,8H2,1-2H3;3H,1-2H3,(H,7,8). The maximum absolute atomic E-state index is 11.4. The number of aromatic nitrogens is 4. The fraction of sp³-hybridized carbons (Fsp3) is 0.263. The van der Waals surface area contributed by atoms with Gasteiger partial charge >= 0.3 is 11.9 Å². The molecule has 2 aromatic heterocycles. The zero-order chi connectivity index (χ0) is 19.8. The van der Waals surface area contributed by atoms with Gasteiger partial charge in [0.05, 0.1) is 32.7 Å². The van der Waals surface area contributed by atoms with Crippen molar-refractivity contribution in [3.05, 3.63) is 70.8 Å². The number of aromatic amines is 1. The highest BCUT2D eigenvalue weighted by Gasteiger charge is 2.13. The summed E-state index contributed by atoms with van der Waals surface area (Å²) in [6.45, 7) is 4.21. The van der Waals surface area contributed by atoms with Crippen molar-refractivity contribution in [2.24, 2.45) is 0 Å². The van der Waals surface area contributed by atoms with Crippen molar-refractivity contribution >= 4 is 11.9 Å². The molecule has 2 heterocycles. The molecule has 8 nitrogen and oxygen atoms in total. The van der Waals surface area contributed by atoms with E-state index in [-0.39, 0.29) is 11.9 Å². The number of nitrogens with zero attached hydrogens (tertiary/aromatic N) is 3. The lowest BCUT2D eigenvalue weighted by atomic mass is 10.2. The molecule has 142 valence electrons. The molecule has 0 bridgehead atoms. The van der Waals surface area contributed by atoms with Crippen LogP contribution in [0.25, 0.3) is 0 Å². The molecular weight excluding hydrogens is 348 g/mol. The number of rotatable bonds is 4. The highest BCUT2D eigenvalue weighted by Crippen LogP contribution is 2.09. The van der Waals surface area contributed by atoms with E-state index < -0.39 is 0 Å². The SMILES string of the molecule is COC(=O)c1cn(Cc2ccccc2)nc1C.COC(=O)c1cn[nH]c1C. The normalized spacial score (nSPS) is 9.93. The number of H-pyrrole nitrogens is 1. The van der Waals surface area contributed by atoms with Gasteiger partial charge in [-0.2, -0.15) is 10.2 Å². The first-order chi connectivity index (χ1) is 13.0. The maximum atomic E-state index is 11.4. The second kappa shape index (κ2) is 9.33. The zero-order valence-electron chi connectivity index (χ0n) is 15.7. The number of nitrogens with one attached hydrogen (secondary N) is 1. The number of hydrogen-bond donors (Lipinski definition) is 1. The summed E-state index contributed by atoms with van der Waals surface area (Å²) in [5.41, 5.74) is 3.57. The Labute approximate surface area is 157 Å². The third kappa shape index (κ3) is 5.27. The van der Waals surface area contributed by atoms with E-state index in [1.54, 1.807) is 24.7 Å². The Kier molecular flexibility index (Phi) is 6.87. The van der Waals surface area contributed by atoms with Crippen molar-refractivity contribution in [1.82, 2.24) is 20.0 Å². The van der Waals surface area contributed by atoms with Gasteiger partial charge in [0.15, 0.2) is 0 Å². The number of esters is 2. The first-order valence-electron chi connectivity index (χ1n) is 8.20. The third-order valence-corrected chi connectivity index (χ3v) is 3.77. The van der Waals surface area contributed by atoms with Crippen molar-refractivity contribution in [3.63, 3.8) is 0 Å². The second-order valence-electron chi connectivity index (χ2n) is 5.70. The third-order valence-electron chi connectivity index (χ3n) is 3.77. The van der Waals surface area contributed by atoms with E-state index >= 15 is 0 Å². The van der Waals surface area contributed by atoms with E-state index in [1.165, 1.54) is 20.4 Å². The largest absolute Gasteiger partial charge is 0.465 e. The predicted octanol–water partition coefficient (Wildman–Crippen LogP) is 2.53. The summed E-state index contributed by atoms with van der Waals surface area (Å²) < 4.78 is 10.9. The van der Waals surface area contributed by atoms with Gasteiger partial charge in [-0.25, -0.2) is 9.59 Å². The summed E-state index contributed by atoms with van der Waals surface area (Å²) >= 11 is 0. The minimum atomic E-state index is -0.355. The number of ether oxygens (including phenoxy) is 2. The number of aryl methyl sites for hydroxylation is 2. The molecule has 0 radical (unpaired) electrons. The van der Waals surface area contributed by atoms with Gasteiger partial charge in [-0.1, -0.05) is 30.3 Å². The molecule has 0 fully saturated rings. The fourth-order valence-corrected chi connectivity index (χ4v) is 2.35. The highest BCUT2D eigenvalue weighted by atomic mass is 16.5. The summed E-state index contributed by atoms with van der Waals surface area (Å²) in [4.78, 5) is 22.2. The molecule has 0 spiro atoms. The summed E-state index contributed by atoms with van der Waals surface area (Å²) in [6.07, 6.45) is 3.16. The number of hydrogen-bond acceptors (Lipinski definition) is 6. The molecule has 0 unspecified atom stereocenters. The topological polar surface area (TPSA) is 99.1 Å². The van der Waals surface area contributed by atoms with Crippen molar-refractivity contribution in [3.8, 4) is 0 Å². The number of methoxy groups -OCH3 is 2. The molecule has 27 heavy (non-hydrogen) atoms. The van der Waals surface area contributed by atoms with Gasteiger partial charge < -0.3 is 9.47 Å². The van der Waals surface area contributed by atoms with Crippen molar-refractivity contribution in [2.45, 2.75) is 20.4 Å². The monoisotopic (exact) mass is 370 g/mol. The predicted molar refractivity (Wildman–Crippen MR) is 98.5 cm³/mol. The van der Waals surface area contributed by atoms with E-state index in [1.807, 2.05) is 30.3 Å². The Hall–Kier alpha value is -3.42. The van der Waals surface area contributed by atoms with Gasteiger partial charge in [-0.3, -0.25) is 9.78 Å². The second-order valence-corrected chi connectivity index (χ2v) is 5.70. The van der Waals surface area contributed by atoms with Gasteiger partial charge in [0.2, 0.25) is 0 Å². The quantitative estimate of drug-likeness (QED) is 0.709. The average molecular weight is 370 g/mol. The molecule has 0 aliphatic heterocycles.